The van der Waals surface area contributed by atoms with Crippen LogP contribution < -0.4 is 0 Å². The first-order chi connectivity index (χ1) is 9.13. The third-order valence-electron chi connectivity index (χ3n) is 3.59. The lowest BCUT2D eigenvalue weighted by molar-refractivity contribution is 0.911. The van der Waals surface area contributed by atoms with Crippen molar-refractivity contribution in [1.29, 1.82) is 0 Å². The van der Waals surface area contributed by atoms with E-state index in [9.17, 15) is 0 Å². The molecule has 0 aromatic heterocycles. The van der Waals surface area contributed by atoms with Crippen molar-refractivity contribution in [2.45, 2.75) is 24.6 Å². The first-order valence-electron chi connectivity index (χ1n) is 6.35. The molecule has 1 atom stereocenters. The van der Waals surface area contributed by atoms with Crippen molar-refractivity contribution in [3.8, 4) is 0 Å². The zero-order valence-corrected chi connectivity index (χ0v) is 13.4. The molecule has 0 fully saturated rings. The highest BCUT2D eigenvalue weighted by atomic mass is 79.9. The molecule has 0 spiro atoms. The molecule has 2 aromatic carbocycles. The van der Waals surface area contributed by atoms with Crippen LogP contribution in [0.2, 0.25) is 5.02 Å². The van der Waals surface area contributed by atoms with E-state index in [2.05, 4.69) is 34.1 Å². The fourth-order valence-electron chi connectivity index (χ4n) is 2.66. The Balaban J connectivity index is 1.97. The van der Waals surface area contributed by atoms with Gasteiger partial charge in [0.2, 0.25) is 0 Å². The molecule has 2 aromatic rings. The minimum Gasteiger partial charge on any atom is -0.113 e. The van der Waals surface area contributed by atoms with Crippen molar-refractivity contribution in [1.82, 2.24) is 0 Å². The van der Waals surface area contributed by atoms with Crippen LogP contribution in [0.25, 0.3) is 0 Å². The monoisotopic (exact) mass is 354 g/mol. The molecule has 0 nitrogen and oxygen atoms in total. The molecule has 0 radical (unpaired) electrons. The van der Waals surface area contributed by atoms with Crippen molar-refractivity contribution in [2.24, 2.45) is 0 Å². The Labute approximate surface area is 131 Å². The Bertz CT molecular complexity index is 602. The van der Waals surface area contributed by atoms with E-state index in [1.165, 1.54) is 30.4 Å². The van der Waals surface area contributed by atoms with Gasteiger partial charge < -0.3 is 0 Å². The fourth-order valence-corrected chi connectivity index (χ4v) is 3.81. The third-order valence-corrected chi connectivity index (χ3v) is 4.77. The second kappa shape index (κ2) is 5.47. The Morgan fingerprint density at radius 3 is 2.53 bits per heavy atom. The van der Waals surface area contributed by atoms with Crippen LogP contribution in [0.1, 0.15) is 34.1 Å². The Morgan fingerprint density at radius 1 is 0.947 bits per heavy atom. The number of rotatable bonds is 2. The van der Waals surface area contributed by atoms with E-state index in [-0.39, 0.29) is 5.38 Å². The molecule has 1 unspecified atom stereocenters. The van der Waals surface area contributed by atoms with Crippen LogP contribution in [0.15, 0.2) is 40.9 Å². The number of alkyl halides is 1. The molecule has 98 valence electrons. The quantitative estimate of drug-likeness (QED) is 0.586. The summed E-state index contributed by atoms with van der Waals surface area (Å²) in [5, 5.41) is 0.553. The van der Waals surface area contributed by atoms with Gasteiger partial charge in [-0.3, -0.25) is 0 Å². The lowest BCUT2D eigenvalue weighted by Crippen LogP contribution is -1.95. The summed E-state index contributed by atoms with van der Waals surface area (Å²) >= 11 is 16.1. The normalized spacial score (nSPS) is 15.3. The van der Waals surface area contributed by atoms with E-state index in [0.29, 0.717) is 5.02 Å². The van der Waals surface area contributed by atoms with E-state index in [4.69, 9.17) is 23.2 Å². The van der Waals surface area contributed by atoms with Crippen molar-refractivity contribution >= 4 is 39.1 Å². The zero-order chi connectivity index (χ0) is 13.4. The van der Waals surface area contributed by atoms with Crippen LogP contribution in [0, 0.1) is 0 Å². The molecule has 19 heavy (non-hydrogen) atoms. The van der Waals surface area contributed by atoms with Gasteiger partial charge in [-0.2, -0.15) is 0 Å². The lowest BCUT2D eigenvalue weighted by atomic mass is 10.00. The number of benzene rings is 2. The molecule has 0 N–H and O–H groups in total. The summed E-state index contributed by atoms with van der Waals surface area (Å²) in [6.07, 6.45) is 3.63. The minimum absolute atomic E-state index is 0.152. The lowest BCUT2D eigenvalue weighted by Gasteiger charge is -2.13. The molecular formula is C16H13BrCl2. The topological polar surface area (TPSA) is 0 Å². The first-order valence-corrected chi connectivity index (χ1v) is 7.96. The second-order valence-electron chi connectivity index (χ2n) is 4.95. The Kier molecular flexibility index (Phi) is 3.88. The average molecular weight is 356 g/mol. The molecule has 0 aliphatic heterocycles. The van der Waals surface area contributed by atoms with Gasteiger partial charge in [-0.25, -0.2) is 0 Å². The van der Waals surface area contributed by atoms with Crippen LogP contribution in [0.5, 0.6) is 0 Å². The molecule has 0 saturated carbocycles. The minimum atomic E-state index is -0.152. The van der Waals surface area contributed by atoms with Gasteiger partial charge in [0.05, 0.1) is 5.38 Å². The van der Waals surface area contributed by atoms with Gasteiger partial charge in [0, 0.05) is 9.50 Å². The molecule has 1 aliphatic carbocycles. The maximum absolute atomic E-state index is 6.60. The molecule has 1 aliphatic rings. The van der Waals surface area contributed by atoms with Crippen molar-refractivity contribution in [3.05, 3.63) is 68.1 Å². The number of hydrogen-bond donors (Lipinski definition) is 0. The summed E-state index contributed by atoms with van der Waals surface area (Å²) in [5.74, 6) is 0. The predicted octanol–water partition coefficient (Wildman–Crippen LogP) is 5.92. The smallest absolute Gasteiger partial charge is 0.0836 e. The van der Waals surface area contributed by atoms with Crippen molar-refractivity contribution in [3.63, 3.8) is 0 Å². The highest BCUT2D eigenvalue weighted by molar-refractivity contribution is 9.10. The highest BCUT2D eigenvalue weighted by Crippen LogP contribution is 2.34. The van der Waals surface area contributed by atoms with Crippen LogP contribution >= 0.6 is 39.1 Å². The molecule has 3 rings (SSSR count). The second-order valence-corrected chi connectivity index (χ2v) is 6.74. The van der Waals surface area contributed by atoms with Gasteiger partial charge in [0.25, 0.3) is 0 Å². The van der Waals surface area contributed by atoms with Gasteiger partial charge in [0.15, 0.2) is 0 Å². The average Bonchev–Trinajstić information content (AvgIpc) is 2.83. The SMILES string of the molecule is Clc1cc(Br)cc(C(Cl)c2ccc3c(c2)CCC3)c1. The maximum atomic E-state index is 6.60. The first kappa shape index (κ1) is 13.5. The molecule has 0 saturated heterocycles. The highest BCUT2D eigenvalue weighted by Gasteiger charge is 2.16. The maximum Gasteiger partial charge on any atom is 0.0836 e. The molecule has 3 heteroatoms. The van der Waals surface area contributed by atoms with E-state index in [0.717, 1.165) is 15.6 Å². The van der Waals surface area contributed by atoms with Gasteiger partial charge in [-0.05, 0) is 59.7 Å². The van der Waals surface area contributed by atoms with Crippen molar-refractivity contribution in [2.75, 3.05) is 0 Å². The van der Waals surface area contributed by atoms with E-state index in [1.54, 1.807) is 0 Å². The summed E-state index contributed by atoms with van der Waals surface area (Å²) in [6.45, 7) is 0. The van der Waals surface area contributed by atoms with Gasteiger partial charge in [-0.1, -0.05) is 45.7 Å². The summed E-state index contributed by atoms with van der Waals surface area (Å²) < 4.78 is 0.960. The van der Waals surface area contributed by atoms with E-state index in [1.807, 2.05) is 18.2 Å². The molecule has 0 heterocycles. The molecule has 0 amide bonds. The summed E-state index contributed by atoms with van der Waals surface area (Å²) in [4.78, 5) is 0. The summed E-state index contributed by atoms with van der Waals surface area (Å²) in [6, 6.07) is 12.4. The number of hydrogen-bond acceptors (Lipinski definition) is 0. The van der Waals surface area contributed by atoms with Crippen LogP contribution in [-0.2, 0) is 12.8 Å². The van der Waals surface area contributed by atoms with Gasteiger partial charge in [-0.15, -0.1) is 11.6 Å². The van der Waals surface area contributed by atoms with Gasteiger partial charge in [0.1, 0.15) is 0 Å². The summed E-state index contributed by atoms with van der Waals surface area (Å²) in [7, 11) is 0. The number of halogens is 3. The Morgan fingerprint density at radius 2 is 1.74 bits per heavy atom. The van der Waals surface area contributed by atoms with E-state index >= 15 is 0 Å². The predicted molar refractivity (Wildman–Crippen MR) is 85.3 cm³/mol. The van der Waals surface area contributed by atoms with Crippen LogP contribution in [0.3, 0.4) is 0 Å². The van der Waals surface area contributed by atoms with Crippen molar-refractivity contribution < 1.29 is 0 Å². The zero-order valence-electron chi connectivity index (χ0n) is 10.3. The van der Waals surface area contributed by atoms with Crippen LogP contribution in [-0.4, -0.2) is 0 Å². The number of aryl methyl sites for hydroxylation is 2. The molecule has 0 bridgehead atoms. The largest absolute Gasteiger partial charge is 0.113 e. The third kappa shape index (κ3) is 2.84. The Hall–Kier alpha value is -0.500. The van der Waals surface area contributed by atoms with E-state index < -0.39 is 0 Å². The van der Waals surface area contributed by atoms with Crippen LogP contribution in [0.4, 0.5) is 0 Å². The molecular weight excluding hydrogens is 343 g/mol. The standard InChI is InChI=1S/C16H13BrCl2/c17-14-7-13(8-15(18)9-14)16(19)12-5-4-10-2-1-3-11(10)6-12/h4-9,16H,1-3H2. The number of fused-ring (bicyclic) bond motifs is 1. The summed E-state index contributed by atoms with van der Waals surface area (Å²) in [5.41, 5.74) is 5.10. The fraction of sp³-hybridized carbons (Fsp3) is 0.250. The van der Waals surface area contributed by atoms with Gasteiger partial charge >= 0.3 is 0 Å².